The minimum absolute atomic E-state index is 0.00907. The molecule has 1 saturated heterocycles. The Bertz CT molecular complexity index is 816. The molecule has 0 bridgehead atoms. The number of nitrogens with zero attached hydrogens (tertiary/aromatic N) is 3. The van der Waals surface area contributed by atoms with Crippen LogP contribution in [0.5, 0.6) is 0 Å². The van der Waals surface area contributed by atoms with Crippen LogP contribution >= 0.6 is 0 Å². The number of halogens is 1. The Morgan fingerprint density at radius 3 is 2.63 bits per heavy atom. The molecule has 2 aromatic rings. The van der Waals surface area contributed by atoms with Crippen molar-refractivity contribution in [1.82, 2.24) is 14.8 Å². The van der Waals surface area contributed by atoms with Gasteiger partial charge in [0.25, 0.3) is 5.91 Å². The van der Waals surface area contributed by atoms with Crippen molar-refractivity contribution < 1.29 is 18.4 Å². The van der Waals surface area contributed by atoms with E-state index in [1.54, 1.807) is 28.9 Å². The summed E-state index contributed by atoms with van der Waals surface area (Å²) < 4.78 is 18.3. The number of carbonyl (C=O) groups excluding carboxylic acids is 2. The van der Waals surface area contributed by atoms with Gasteiger partial charge < -0.3 is 14.2 Å². The van der Waals surface area contributed by atoms with Crippen LogP contribution < -0.4 is 0 Å². The Morgan fingerprint density at radius 2 is 2.04 bits per heavy atom. The van der Waals surface area contributed by atoms with Gasteiger partial charge in [0.05, 0.1) is 6.04 Å². The molecule has 2 amide bonds. The first-order chi connectivity index (χ1) is 12.9. The first-order valence-corrected chi connectivity index (χ1v) is 9.10. The number of benzene rings is 1. The molecule has 144 valence electrons. The van der Waals surface area contributed by atoms with Gasteiger partial charge in [0.15, 0.2) is 12.1 Å². The highest BCUT2D eigenvalue weighted by molar-refractivity contribution is 5.93. The van der Waals surface area contributed by atoms with Crippen LogP contribution in [0.15, 0.2) is 35.1 Å². The van der Waals surface area contributed by atoms with Crippen molar-refractivity contribution in [3.63, 3.8) is 0 Å². The van der Waals surface area contributed by atoms with Gasteiger partial charge in [0, 0.05) is 26.1 Å². The fourth-order valence-electron chi connectivity index (χ4n) is 3.38. The van der Waals surface area contributed by atoms with E-state index in [2.05, 4.69) is 4.98 Å². The van der Waals surface area contributed by atoms with E-state index in [4.69, 9.17) is 4.42 Å². The Balaban J connectivity index is 1.83. The number of oxazole rings is 1. The van der Waals surface area contributed by atoms with Gasteiger partial charge in [-0.05, 0) is 30.5 Å². The summed E-state index contributed by atoms with van der Waals surface area (Å²) >= 11 is 0. The molecule has 2 heterocycles. The van der Waals surface area contributed by atoms with Crippen molar-refractivity contribution in [2.24, 2.45) is 5.92 Å². The van der Waals surface area contributed by atoms with Crippen LogP contribution in [0.25, 0.3) is 0 Å². The normalized spacial score (nSPS) is 18.1. The maximum Gasteiger partial charge on any atom is 0.276 e. The molecule has 3 rings (SSSR count). The van der Waals surface area contributed by atoms with Gasteiger partial charge in [0.2, 0.25) is 5.91 Å². The third-order valence-electron chi connectivity index (χ3n) is 4.99. The molecule has 0 saturated carbocycles. The number of amides is 2. The van der Waals surface area contributed by atoms with E-state index >= 15 is 0 Å². The zero-order valence-corrected chi connectivity index (χ0v) is 15.8. The lowest BCUT2D eigenvalue weighted by Crippen LogP contribution is -2.47. The predicted octanol–water partition coefficient (Wildman–Crippen LogP) is 3.02. The molecule has 0 N–H and O–H groups in total. The quantitative estimate of drug-likeness (QED) is 0.826. The third-order valence-corrected chi connectivity index (χ3v) is 4.99. The van der Waals surface area contributed by atoms with Crippen molar-refractivity contribution in [3.8, 4) is 0 Å². The highest BCUT2D eigenvalue weighted by Crippen LogP contribution is 2.22. The summed E-state index contributed by atoms with van der Waals surface area (Å²) in [7, 11) is 0. The van der Waals surface area contributed by atoms with Crippen molar-refractivity contribution in [1.29, 1.82) is 0 Å². The van der Waals surface area contributed by atoms with Crippen LogP contribution in [0, 0.1) is 18.7 Å². The summed E-state index contributed by atoms with van der Waals surface area (Å²) in [6.45, 7) is 6.93. The van der Waals surface area contributed by atoms with E-state index in [9.17, 15) is 14.0 Å². The smallest absolute Gasteiger partial charge is 0.276 e. The minimum Gasteiger partial charge on any atom is -0.448 e. The molecule has 1 aromatic heterocycles. The number of hydrogen-bond acceptors (Lipinski definition) is 4. The molecule has 1 aliphatic rings. The SMILES string of the molecule is Cc1ocnc1C(=O)N1CCC(=O)N(Cc2ccc(F)cc2)[C@H](C(C)C)C1. The molecule has 0 radical (unpaired) electrons. The Hall–Kier alpha value is -2.70. The molecule has 0 aliphatic carbocycles. The van der Waals surface area contributed by atoms with Crippen LogP contribution in [0.4, 0.5) is 4.39 Å². The second-order valence-electron chi connectivity index (χ2n) is 7.22. The van der Waals surface area contributed by atoms with Crippen molar-refractivity contribution in [2.45, 2.75) is 39.8 Å². The molecule has 1 atom stereocenters. The topological polar surface area (TPSA) is 66.7 Å². The van der Waals surface area contributed by atoms with Gasteiger partial charge >= 0.3 is 0 Å². The van der Waals surface area contributed by atoms with Crippen LogP contribution in [-0.4, -0.2) is 45.7 Å². The zero-order chi connectivity index (χ0) is 19.6. The fraction of sp³-hybridized carbons (Fsp3) is 0.450. The first-order valence-electron chi connectivity index (χ1n) is 9.10. The first kappa shape index (κ1) is 19.1. The lowest BCUT2D eigenvalue weighted by atomic mass is 10.0. The van der Waals surface area contributed by atoms with E-state index in [1.165, 1.54) is 18.5 Å². The van der Waals surface area contributed by atoms with Crippen LogP contribution in [-0.2, 0) is 11.3 Å². The summed E-state index contributed by atoms with van der Waals surface area (Å²) in [4.78, 5) is 33.1. The molecule has 27 heavy (non-hydrogen) atoms. The molecular weight excluding hydrogens is 349 g/mol. The summed E-state index contributed by atoms with van der Waals surface area (Å²) in [5.74, 6) is 0.0932. The molecule has 1 fully saturated rings. The van der Waals surface area contributed by atoms with Crippen LogP contribution in [0.3, 0.4) is 0 Å². The largest absolute Gasteiger partial charge is 0.448 e. The maximum atomic E-state index is 13.2. The lowest BCUT2D eigenvalue weighted by molar-refractivity contribution is -0.134. The number of rotatable bonds is 4. The van der Waals surface area contributed by atoms with E-state index in [0.29, 0.717) is 25.4 Å². The van der Waals surface area contributed by atoms with E-state index in [0.717, 1.165) is 5.56 Å². The maximum absolute atomic E-state index is 13.2. The van der Waals surface area contributed by atoms with E-state index in [1.807, 2.05) is 13.8 Å². The Labute approximate surface area is 158 Å². The van der Waals surface area contributed by atoms with Gasteiger partial charge in [-0.2, -0.15) is 0 Å². The van der Waals surface area contributed by atoms with E-state index in [-0.39, 0.29) is 41.7 Å². The average molecular weight is 373 g/mol. The summed E-state index contributed by atoms with van der Waals surface area (Å²) in [6.07, 6.45) is 1.50. The van der Waals surface area contributed by atoms with Gasteiger partial charge in [-0.25, -0.2) is 9.37 Å². The van der Waals surface area contributed by atoms with Crippen LogP contribution in [0.2, 0.25) is 0 Å². The van der Waals surface area contributed by atoms with Gasteiger partial charge in [-0.3, -0.25) is 9.59 Å². The molecular formula is C20H24FN3O3. The number of aryl methyl sites for hydroxylation is 1. The Morgan fingerprint density at radius 1 is 1.33 bits per heavy atom. The minimum atomic E-state index is -0.305. The van der Waals surface area contributed by atoms with Crippen LogP contribution in [0.1, 0.15) is 42.1 Å². The summed E-state index contributed by atoms with van der Waals surface area (Å²) in [6, 6.07) is 6.02. The predicted molar refractivity (Wildman–Crippen MR) is 97.3 cm³/mol. The molecule has 0 unspecified atom stereocenters. The third kappa shape index (κ3) is 4.18. The number of aromatic nitrogens is 1. The second-order valence-corrected chi connectivity index (χ2v) is 7.22. The molecule has 7 heteroatoms. The number of hydrogen-bond donors (Lipinski definition) is 0. The highest BCUT2D eigenvalue weighted by Gasteiger charge is 2.34. The highest BCUT2D eigenvalue weighted by atomic mass is 19.1. The van der Waals surface area contributed by atoms with Crippen molar-refractivity contribution in [3.05, 3.63) is 53.5 Å². The average Bonchev–Trinajstić information content (AvgIpc) is 2.99. The van der Waals surface area contributed by atoms with E-state index < -0.39 is 0 Å². The number of carbonyl (C=O) groups is 2. The Kier molecular flexibility index (Phi) is 5.58. The van der Waals surface area contributed by atoms with Crippen molar-refractivity contribution >= 4 is 11.8 Å². The molecule has 1 aromatic carbocycles. The summed E-state index contributed by atoms with van der Waals surface area (Å²) in [5.41, 5.74) is 1.15. The van der Waals surface area contributed by atoms with Gasteiger partial charge in [-0.1, -0.05) is 26.0 Å². The van der Waals surface area contributed by atoms with Crippen molar-refractivity contribution in [2.75, 3.05) is 13.1 Å². The standard InChI is InChI=1S/C20H24FN3O3/c1-13(2)17-11-23(20(26)19-14(3)27-12-22-19)9-8-18(25)24(17)10-15-4-6-16(21)7-5-15/h4-7,12-13,17H,8-11H2,1-3H3/t17-/m0/s1. The monoisotopic (exact) mass is 373 g/mol. The van der Waals surface area contributed by atoms with Gasteiger partial charge in [0.1, 0.15) is 11.6 Å². The molecule has 0 spiro atoms. The molecule has 1 aliphatic heterocycles. The summed E-state index contributed by atoms with van der Waals surface area (Å²) in [5, 5.41) is 0. The lowest BCUT2D eigenvalue weighted by Gasteiger charge is -2.34. The fourth-order valence-corrected chi connectivity index (χ4v) is 3.38. The zero-order valence-electron chi connectivity index (χ0n) is 15.8. The second kappa shape index (κ2) is 7.90. The van der Waals surface area contributed by atoms with Gasteiger partial charge in [-0.15, -0.1) is 0 Å². The molecule has 6 nitrogen and oxygen atoms in total.